The summed E-state index contributed by atoms with van der Waals surface area (Å²) < 4.78 is 0. The van der Waals surface area contributed by atoms with Crippen molar-refractivity contribution in [3.8, 4) is 22.5 Å². The van der Waals surface area contributed by atoms with Gasteiger partial charge < -0.3 is 0 Å². The van der Waals surface area contributed by atoms with Crippen LogP contribution in [0.1, 0.15) is 0 Å². The Balaban J connectivity index is 2.05. The lowest BCUT2D eigenvalue weighted by Gasteiger charge is -2.03. The van der Waals surface area contributed by atoms with E-state index in [4.69, 9.17) is 0 Å². The Labute approximate surface area is 104 Å². The molecule has 0 aromatic carbocycles. The van der Waals surface area contributed by atoms with Crippen molar-refractivity contribution in [2.45, 2.75) is 0 Å². The second-order valence-corrected chi connectivity index (χ2v) is 3.76. The zero-order valence-electron chi connectivity index (χ0n) is 9.56. The summed E-state index contributed by atoms with van der Waals surface area (Å²) in [6.45, 7) is 0. The fourth-order valence-corrected chi connectivity index (χ4v) is 1.72. The van der Waals surface area contributed by atoms with Crippen LogP contribution in [0.15, 0.2) is 61.4 Å². The molecule has 18 heavy (non-hydrogen) atoms. The van der Waals surface area contributed by atoms with Crippen LogP contribution >= 0.6 is 0 Å². The van der Waals surface area contributed by atoms with E-state index >= 15 is 0 Å². The Bertz CT molecular complexity index is 583. The van der Waals surface area contributed by atoms with Crippen molar-refractivity contribution in [1.82, 2.24) is 19.9 Å². The monoisotopic (exact) mass is 234 g/mol. The van der Waals surface area contributed by atoms with E-state index < -0.39 is 0 Å². The largest absolute Gasteiger partial charge is 0.265 e. The van der Waals surface area contributed by atoms with E-state index in [-0.39, 0.29) is 0 Å². The first-order chi connectivity index (χ1) is 8.93. The summed E-state index contributed by atoms with van der Waals surface area (Å²) in [5.41, 5.74) is 3.84. The molecule has 0 saturated carbocycles. The molecule has 4 nitrogen and oxygen atoms in total. The first-order valence-corrected chi connectivity index (χ1v) is 5.56. The highest BCUT2D eigenvalue weighted by Crippen LogP contribution is 2.21. The van der Waals surface area contributed by atoms with Gasteiger partial charge in [-0.25, -0.2) is 9.97 Å². The second kappa shape index (κ2) is 4.71. The van der Waals surface area contributed by atoms with Gasteiger partial charge in [-0.1, -0.05) is 0 Å². The van der Waals surface area contributed by atoms with E-state index in [1.165, 1.54) is 0 Å². The van der Waals surface area contributed by atoms with Crippen LogP contribution in [0.4, 0.5) is 0 Å². The van der Waals surface area contributed by atoms with Crippen molar-refractivity contribution in [2.75, 3.05) is 0 Å². The Morgan fingerprint density at radius 2 is 1.06 bits per heavy atom. The van der Waals surface area contributed by atoms with Gasteiger partial charge in [0.15, 0.2) is 0 Å². The highest BCUT2D eigenvalue weighted by atomic mass is 14.8. The molecule has 0 N–H and O–H groups in total. The van der Waals surface area contributed by atoms with Crippen LogP contribution in [0.3, 0.4) is 0 Å². The molecular weight excluding hydrogens is 224 g/mol. The van der Waals surface area contributed by atoms with Crippen LogP contribution < -0.4 is 0 Å². The summed E-state index contributed by atoms with van der Waals surface area (Å²) in [5.74, 6) is 0. The van der Waals surface area contributed by atoms with Crippen molar-refractivity contribution in [1.29, 1.82) is 0 Å². The van der Waals surface area contributed by atoms with Crippen LogP contribution in [0.5, 0.6) is 0 Å². The molecule has 4 heteroatoms. The van der Waals surface area contributed by atoms with Gasteiger partial charge >= 0.3 is 0 Å². The van der Waals surface area contributed by atoms with Crippen molar-refractivity contribution < 1.29 is 0 Å². The molecule has 86 valence electrons. The van der Waals surface area contributed by atoms with Crippen LogP contribution in [-0.2, 0) is 0 Å². The molecule has 3 heterocycles. The van der Waals surface area contributed by atoms with Gasteiger partial charge in [-0.3, -0.25) is 9.97 Å². The third-order valence-electron chi connectivity index (χ3n) is 2.62. The second-order valence-electron chi connectivity index (χ2n) is 3.76. The van der Waals surface area contributed by atoms with Crippen LogP contribution in [0.25, 0.3) is 22.5 Å². The van der Waals surface area contributed by atoms with Gasteiger partial charge in [0.2, 0.25) is 0 Å². The van der Waals surface area contributed by atoms with E-state index in [0.717, 1.165) is 22.5 Å². The summed E-state index contributed by atoms with van der Waals surface area (Å²) in [6, 6.07) is 9.68. The van der Waals surface area contributed by atoms with E-state index in [2.05, 4.69) is 19.9 Å². The van der Waals surface area contributed by atoms with Crippen LogP contribution in [-0.4, -0.2) is 19.9 Å². The quantitative estimate of drug-likeness (QED) is 0.684. The molecule has 3 aromatic heterocycles. The highest BCUT2D eigenvalue weighted by Gasteiger charge is 2.03. The maximum absolute atomic E-state index is 4.28. The minimum Gasteiger partial charge on any atom is -0.265 e. The molecule has 0 radical (unpaired) electrons. The average molecular weight is 234 g/mol. The standard InChI is InChI=1S/C14H10N4/c1-5-15-6-2-11(1)13-9-14(18-10-17-13)12-3-7-16-8-4-12/h1-10H. The topological polar surface area (TPSA) is 51.6 Å². The van der Waals surface area contributed by atoms with Gasteiger partial charge in [0.1, 0.15) is 6.33 Å². The third kappa shape index (κ3) is 2.08. The predicted octanol–water partition coefficient (Wildman–Crippen LogP) is 2.60. The molecule has 0 atom stereocenters. The lowest BCUT2D eigenvalue weighted by atomic mass is 10.1. The highest BCUT2D eigenvalue weighted by molar-refractivity contribution is 5.66. The van der Waals surface area contributed by atoms with Crippen molar-refractivity contribution in [3.63, 3.8) is 0 Å². The molecule has 0 aliphatic rings. The zero-order valence-corrected chi connectivity index (χ0v) is 9.56. The molecule has 0 amide bonds. The summed E-state index contributed by atoms with van der Waals surface area (Å²) in [7, 11) is 0. The molecule has 3 aromatic rings. The third-order valence-corrected chi connectivity index (χ3v) is 2.62. The Kier molecular flexibility index (Phi) is 2.75. The lowest BCUT2D eigenvalue weighted by molar-refractivity contribution is 1.17. The first kappa shape index (κ1) is 10.5. The molecular formula is C14H10N4. The van der Waals surface area contributed by atoms with Crippen molar-refractivity contribution in [2.24, 2.45) is 0 Å². The fraction of sp³-hybridized carbons (Fsp3) is 0. The molecule has 0 aliphatic heterocycles. The van der Waals surface area contributed by atoms with E-state index in [9.17, 15) is 0 Å². The number of hydrogen-bond donors (Lipinski definition) is 0. The van der Waals surface area contributed by atoms with Gasteiger partial charge in [-0.2, -0.15) is 0 Å². The molecule has 0 saturated heterocycles. The maximum atomic E-state index is 4.28. The average Bonchev–Trinajstić information content (AvgIpc) is 2.49. The summed E-state index contributed by atoms with van der Waals surface area (Å²) in [4.78, 5) is 16.6. The van der Waals surface area contributed by atoms with Crippen LogP contribution in [0.2, 0.25) is 0 Å². The van der Waals surface area contributed by atoms with E-state index in [1.807, 2.05) is 30.3 Å². The maximum Gasteiger partial charge on any atom is 0.116 e. The minimum absolute atomic E-state index is 0.888. The first-order valence-electron chi connectivity index (χ1n) is 5.56. The minimum atomic E-state index is 0.888. The normalized spacial score (nSPS) is 10.2. The van der Waals surface area contributed by atoms with Gasteiger partial charge in [0.25, 0.3) is 0 Å². The number of nitrogens with zero attached hydrogens (tertiary/aromatic N) is 4. The summed E-state index contributed by atoms with van der Waals surface area (Å²) >= 11 is 0. The van der Waals surface area contributed by atoms with Crippen LogP contribution in [0, 0.1) is 0 Å². The van der Waals surface area contributed by atoms with Gasteiger partial charge in [-0.15, -0.1) is 0 Å². The van der Waals surface area contributed by atoms with Crippen molar-refractivity contribution >= 4 is 0 Å². The number of hydrogen-bond acceptors (Lipinski definition) is 4. The van der Waals surface area contributed by atoms with Crippen molar-refractivity contribution in [3.05, 3.63) is 61.4 Å². The number of aromatic nitrogens is 4. The Morgan fingerprint density at radius 3 is 1.50 bits per heavy atom. The van der Waals surface area contributed by atoms with Gasteiger partial charge in [-0.05, 0) is 30.3 Å². The van der Waals surface area contributed by atoms with E-state index in [0.29, 0.717) is 0 Å². The molecule has 3 rings (SSSR count). The summed E-state index contributed by atoms with van der Waals surface area (Å²) in [5, 5.41) is 0. The predicted molar refractivity (Wildman–Crippen MR) is 68.5 cm³/mol. The number of rotatable bonds is 2. The fourth-order valence-electron chi connectivity index (χ4n) is 1.72. The molecule has 0 spiro atoms. The summed E-state index contributed by atoms with van der Waals surface area (Å²) in [6.07, 6.45) is 8.59. The Morgan fingerprint density at radius 1 is 0.611 bits per heavy atom. The number of pyridine rings is 2. The molecule has 0 aliphatic carbocycles. The SMILES string of the molecule is c1cc(-c2cc(-c3ccncc3)ncn2)ccn1. The van der Waals surface area contributed by atoms with Gasteiger partial charge in [0.05, 0.1) is 11.4 Å². The van der Waals surface area contributed by atoms with E-state index in [1.54, 1.807) is 31.1 Å². The van der Waals surface area contributed by atoms with Gasteiger partial charge in [0, 0.05) is 35.9 Å². The smallest absolute Gasteiger partial charge is 0.116 e. The zero-order chi connectivity index (χ0) is 12.2. The molecule has 0 fully saturated rings. The molecule has 0 bridgehead atoms. The Hall–Kier alpha value is -2.62. The molecule has 0 unspecified atom stereocenters. The lowest BCUT2D eigenvalue weighted by Crippen LogP contribution is -1.89.